The van der Waals surface area contributed by atoms with Crippen LogP contribution in [0.2, 0.25) is 0 Å². The van der Waals surface area contributed by atoms with E-state index in [0.717, 1.165) is 19.5 Å². The first kappa shape index (κ1) is 10.7. The second-order valence-corrected chi connectivity index (χ2v) is 5.07. The van der Waals surface area contributed by atoms with Crippen LogP contribution in [0.3, 0.4) is 0 Å². The highest BCUT2D eigenvalue weighted by molar-refractivity contribution is 5.78. The van der Waals surface area contributed by atoms with E-state index in [-0.39, 0.29) is 11.5 Å². The van der Waals surface area contributed by atoms with Crippen molar-refractivity contribution in [2.24, 2.45) is 5.92 Å². The van der Waals surface area contributed by atoms with Gasteiger partial charge < -0.3 is 0 Å². The van der Waals surface area contributed by atoms with E-state index in [1.54, 1.807) is 6.92 Å². The van der Waals surface area contributed by atoms with Gasteiger partial charge >= 0.3 is 0 Å². The zero-order valence-corrected chi connectivity index (χ0v) is 9.26. The molecule has 1 heterocycles. The number of carbonyl (C=O) groups is 1. The molecule has 1 saturated heterocycles. The Labute approximate surface area is 81.3 Å². The van der Waals surface area contributed by atoms with Crippen LogP contribution in [0.4, 0.5) is 0 Å². The molecule has 0 saturated carbocycles. The molecule has 0 radical (unpaired) electrons. The van der Waals surface area contributed by atoms with Crippen LogP contribution in [-0.4, -0.2) is 29.3 Å². The van der Waals surface area contributed by atoms with Crippen LogP contribution in [0, 0.1) is 5.92 Å². The summed E-state index contributed by atoms with van der Waals surface area (Å²) in [5.41, 5.74) is 0.216. The predicted octanol–water partition coefficient (Wildman–Crippen LogP) is 2.09. The smallest absolute Gasteiger partial charge is 0.134 e. The van der Waals surface area contributed by atoms with Gasteiger partial charge in [0.15, 0.2) is 0 Å². The summed E-state index contributed by atoms with van der Waals surface area (Å²) in [5, 5.41) is 0. The third-order valence-electron chi connectivity index (χ3n) is 2.94. The molecular weight excluding hydrogens is 162 g/mol. The molecule has 0 bridgehead atoms. The summed E-state index contributed by atoms with van der Waals surface area (Å²) in [4.78, 5) is 13.7. The van der Waals surface area contributed by atoms with E-state index < -0.39 is 0 Å². The minimum atomic E-state index is 0.216. The van der Waals surface area contributed by atoms with Crippen molar-refractivity contribution >= 4 is 5.78 Å². The number of likely N-dealkylation sites (tertiary alicyclic amines) is 1. The fraction of sp³-hybridized carbons (Fsp3) is 0.909. The van der Waals surface area contributed by atoms with Crippen molar-refractivity contribution < 1.29 is 4.79 Å². The third-order valence-corrected chi connectivity index (χ3v) is 2.94. The molecule has 0 aromatic carbocycles. The molecular formula is C11H21NO. The normalized spacial score (nSPS) is 26.0. The molecule has 2 heteroatoms. The van der Waals surface area contributed by atoms with Crippen molar-refractivity contribution in [1.29, 1.82) is 0 Å². The molecule has 0 amide bonds. The summed E-state index contributed by atoms with van der Waals surface area (Å²) in [6.45, 7) is 10.5. The Kier molecular flexibility index (Phi) is 3.12. The molecule has 76 valence electrons. The van der Waals surface area contributed by atoms with Gasteiger partial charge in [-0.2, -0.15) is 0 Å². The van der Waals surface area contributed by atoms with Crippen LogP contribution in [0.5, 0.6) is 0 Å². The molecule has 2 nitrogen and oxygen atoms in total. The SMILES string of the molecule is CC(=O)C1CCCN(C(C)(C)C)C1. The lowest BCUT2D eigenvalue weighted by atomic mass is 9.91. The summed E-state index contributed by atoms with van der Waals surface area (Å²) in [7, 11) is 0. The number of nitrogens with zero attached hydrogens (tertiary/aromatic N) is 1. The second-order valence-electron chi connectivity index (χ2n) is 5.07. The molecule has 1 rings (SSSR count). The van der Waals surface area contributed by atoms with Crippen LogP contribution < -0.4 is 0 Å². The number of hydrogen-bond donors (Lipinski definition) is 0. The monoisotopic (exact) mass is 183 g/mol. The standard InChI is InChI=1S/C11H21NO/c1-9(13)10-6-5-7-12(8-10)11(2,3)4/h10H,5-8H2,1-4H3. The molecule has 0 aromatic heterocycles. The fourth-order valence-corrected chi connectivity index (χ4v) is 1.92. The molecule has 0 N–H and O–H groups in total. The number of carbonyl (C=O) groups excluding carboxylic acids is 1. The zero-order valence-electron chi connectivity index (χ0n) is 9.26. The van der Waals surface area contributed by atoms with E-state index in [0.29, 0.717) is 5.78 Å². The Hall–Kier alpha value is -0.370. The van der Waals surface area contributed by atoms with E-state index in [2.05, 4.69) is 25.7 Å². The predicted molar refractivity (Wildman–Crippen MR) is 54.7 cm³/mol. The quantitative estimate of drug-likeness (QED) is 0.620. The van der Waals surface area contributed by atoms with Crippen molar-refractivity contribution in [3.63, 3.8) is 0 Å². The van der Waals surface area contributed by atoms with Gasteiger partial charge in [-0.25, -0.2) is 0 Å². The van der Waals surface area contributed by atoms with Crippen LogP contribution in [-0.2, 0) is 4.79 Å². The Morgan fingerprint density at radius 2 is 2.00 bits per heavy atom. The highest BCUT2D eigenvalue weighted by Crippen LogP contribution is 2.23. The first-order valence-electron chi connectivity index (χ1n) is 5.17. The molecule has 0 aliphatic carbocycles. The topological polar surface area (TPSA) is 20.3 Å². The molecule has 1 aliphatic rings. The van der Waals surface area contributed by atoms with Gasteiger partial charge in [0.05, 0.1) is 0 Å². The van der Waals surface area contributed by atoms with Gasteiger partial charge in [0.1, 0.15) is 5.78 Å². The largest absolute Gasteiger partial charge is 0.300 e. The fourth-order valence-electron chi connectivity index (χ4n) is 1.92. The molecule has 13 heavy (non-hydrogen) atoms. The number of hydrogen-bond acceptors (Lipinski definition) is 2. The molecule has 0 spiro atoms. The average molecular weight is 183 g/mol. The van der Waals surface area contributed by atoms with Crippen LogP contribution in [0.25, 0.3) is 0 Å². The highest BCUT2D eigenvalue weighted by Gasteiger charge is 2.29. The lowest BCUT2D eigenvalue weighted by Gasteiger charge is -2.40. The lowest BCUT2D eigenvalue weighted by Crippen LogP contribution is -2.48. The van der Waals surface area contributed by atoms with Gasteiger partial charge in [-0.15, -0.1) is 0 Å². The Morgan fingerprint density at radius 1 is 1.38 bits per heavy atom. The number of ketones is 1. The molecule has 1 atom stereocenters. The minimum absolute atomic E-state index is 0.216. The Bertz CT molecular complexity index is 193. The molecule has 1 fully saturated rings. The summed E-state index contributed by atoms with van der Waals surface area (Å²) in [5.74, 6) is 0.641. The number of piperidine rings is 1. The Morgan fingerprint density at radius 3 is 2.46 bits per heavy atom. The van der Waals surface area contributed by atoms with Crippen LogP contribution in [0.15, 0.2) is 0 Å². The molecule has 0 aromatic rings. The second kappa shape index (κ2) is 3.79. The van der Waals surface area contributed by atoms with E-state index in [9.17, 15) is 4.79 Å². The maximum atomic E-state index is 11.2. The first-order chi connectivity index (χ1) is 5.91. The van der Waals surface area contributed by atoms with Gasteiger partial charge in [0.25, 0.3) is 0 Å². The van der Waals surface area contributed by atoms with Crippen molar-refractivity contribution in [3.05, 3.63) is 0 Å². The molecule has 1 aliphatic heterocycles. The van der Waals surface area contributed by atoms with Crippen molar-refractivity contribution in [2.75, 3.05) is 13.1 Å². The number of Topliss-reactive ketones (excluding diaryl/α,β-unsaturated/α-hetero) is 1. The minimum Gasteiger partial charge on any atom is -0.300 e. The van der Waals surface area contributed by atoms with Gasteiger partial charge in [-0.3, -0.25) is 9.69 Å². The van der Waals surface area contributed by atoms with E-state index >= 15 is 0 Å². The lowest BCUT2D eigenvalue weighted by molar-refractivity contribution is -0.123. The van der Waals surface area contributed by atoms with E-state index in [1.165, 1.54) is 6.42 Å². The van der Waals surface area contributed by atoms with Gasteiger partial charge in [0, 0.05) is 18.0 Å². The zero-order chi connectivity index (χ0) is 10.1. The van der Waals surface area contributed by atoms with Crippen molar-refractivity contribution in [2.45, 2.75) is 46.1 Å². The van der Waals surface area contributed by atoms with Gasteiger partial charge in [0.2, 0.25) is 0 Å². The van der Waals surface area contributed by atoms with Gasteiger partial charge in [-0.05, 0) is 47.1 Å². The van der Waals surface area contributed by atoms with Crippen LogP contribution >= 0.6 is 0 Å². The first-order valence-corrected chi connectivity index (χ1v) is 5.17. The van der Waals surface area contributed by atoms with Crippen molar-refractivity contribution in [3.8, 4) is 0 Å². The van der Waals surface area contributed by atoms with E-state index in [4.69, 9.17) is 0 Å². The average Bonchev–Trinajstić information content (AvgIpc) is 2.03. The summed E-state index contributed by atoms with van der Waals surface area (Å²) in [6, 6.07) is 0. The summed E-state index contributed by atoms with van der Waals surface area (Å²) >= 11 is 0. The maximum absolute atomic E-state index is 11.2. The summed E-state index contributed by atoms with van der Waals surface area (Å²) < 4.78 is 0. The number of rotatable bonds is 1. The van der Waals surface area contributed by atoms with Crippen LogP contribution in [0.1, 0.15) is 40.5 Å². The summed E-state index contributed by atoms with van der Waals surface area (Å²) in [6.07, 6.45) is 2.25. The van der Waals surface area contributed by atoms with E-state index in [1.807, 2.05) is 0 Å². The Balaban J connectivity index is 2.57. The van der Waals surface area contributed by atoms with Crippen molar-refractivity contribution in [1.82, 2.24) is 4.90 Å². The molecule has 1 unspecified atom stereocenters. The maximum Gasteiger partial charge on any atom is 0.134 e. The highest BCUT2D eigenvalue weighted by atomic mass is 16.1. The third kappa shape index (κ3) is 2.80. The van der Waals surface area contributed by atoms with Gasteiger partial charge in [-0.1, -0.05) is 0 Å².